The molecule has 0 saturated carbocycles. The van der Waals surface area contributed by atoms with Gasteiger partial charge in [0.15, 0.2) is 0 Å². The third kappa shape index (κ3) is 3.94. The van der Waals surface area contributed by atoms with Crippen LogP contribution < -0.4 is 5.19 Å². The van der Waals surface area contributed by atoms with Crippen LogP contribution in [0, 0.1) is 0 Å². The van der Waals surface area contributed by atoms with Crippen LogP contribution in [0.2, 0.25) is 24.7 Å². The molecule has 3 heteroatoms. The first-order valence-electron chi connectivity index (χ1n) is 6.39. The highest BCUT2D eigenvalue weighted by molar-refractivity contribution is 9.10. The van der Waals surface area contributed by atoms with Crippen molar-refractivity contribution < 1.29 is 0 Å². The number of hydrogen-bond donors (Lipinski definition) is 0. The number of benzene rings is 2. The summed E-state index contributed by atoms with van der Waals surface area (Å²) in [5.41, 5.74) is 2.47. The van der Waals surface area contributed by atoms with Gasteiger partial charge in [0.25, 0.3) is 0 Å². The maximum absolute atomic E-state index is 6.24. The van der Waals surface area contributed by atoms with Gasteiger partial charge in [-0.25, -0.2) is 0 Å². The molecule has 2 aromatic rings. The average Bonchev–Trinajstić information content (AvgIpc) is 2.33. The lowest BCUT2D eigenvalue weighted by Crippen LogP contribution is -2.37. The Morgan fingerprint density at radius 2 is 1.63 bits per heavy atom. The molecule has 0 unspecified atom stereocenters. The van der Waals surface area contributed by atoms with Crippen molar-refractivity contribution in [2.24, 2.45) is 0 Å². The molecule has 0 saturated heterocycles. The molecule has 0 aromatic heterocycles. The van der Waals surface area contributed by atoms with Crippen molar-refractivity contribution in [3.05, 3.63) is 63.1 Å². The van der Waals surface area contributed by atoms with Crippen LogP contribution in [-0.4, -0.2) is 8.07 Å². The van der Waals surface area contributed by atoms with E-state index in [-0.39, 0.29) is 0 Å². The molecule has 0 spiro atoms. The van der Waals surface area contributed by atoms with Crippen LogP contribution in [0.4, 0.5) is 0 Å². The van der Waals surface area contributed by atoms with Gasteiger partial charge in [-0.05, 0) is 35.7 Å². The van der Waals surface area contributed by atoms with Gasteiger partial charge in [0.1, 0.15) is 0 Å². The van der Waals surface area contributed by atoms with E-state index in [0.717, 1.165) is 21.5 Å². The molecule has 0 aliphatic rings. The smallest absolute Gasteiger partial charge is 0.0775 e. The van der Waals surface area contributed by atoms with E-state index in [9.17, 15) is 0 Å². The van der Waals surface area contributed by atoms with Gasteiger partial charge in [-0.1, -0.05) is 76.6 Å². The second-order valence-corrected chi connectivity index (χ2v) is 12.3. The molecule has 0 amide bonds. The first-order valence-corrected chi connectivity index (χ1v) is 11.1. The topological polar surface area (TPSA) is 0 Å². The van der Waals surface area contributed by atoms with Gasteiger partial charge in [-0.15, -0.1) is 0 Å². The minimum atomic E-state index is -1.20. The molecule has 0 radical (unpaired) electrons. The Labute approximate surface area is 130 Å². The van der Waals surface area contributed by atoms with Crippen LogP contribution in [0.15, 0.2) is 46.9 Å². The second-order valence-electron chi connectivity index (χ2n) is 5.86. The standard InChI is InChI=1S/C16H18BrClSi/c1-19(2,3)15-7-4-12(5-8-15)10-13-11-14(17)6-9-16(13)18/h4-9,11H,10H2,1-3H3. The number of halogens is 2. The molecule has 19 heavy (non-hydrogen) atoms. The molecule has 100 valence electrons. The van der Waals surface area contributed by atoms with Gasteiger partial charge >= 0.3 is 0 Å². The molecule has 0 heterocycles. The maximum Gasteiger partial charge on any atom is 0.0775 e. The van der Waals surface area contributed by atoms with Crippen LogP contribution in [0.5, 0.6) is 0 Å². The summed E-state index contributed by atoms with van der Waals surface area (Å²) in [4.78, 5) is 0. The Hall–Kier alpha value is -0.573. The van der Waals surface area contributed by atoms with Crippen molar-refractivity contribution in [3.63, 3.8) is 0 Å². The summed E-state index contributed by atoms with van der Waals surface area (Å²) in [6.45, 7) is 7.10. The van der Waals surface area contributed by atoms with Crippen LogP contribution in [-0.2, 0) is 6.42 Å². The van der Waals surface area contributed by atoms with Crippen LogP contribution in [0.1, 0.15) is 11.1 Å². The molecule has 0 aliphatic heterocycles. The van der Waals surface area contributed by atoms with Gasteiger partial charge in [0, 0.05) is 9.50 Å². The maximum atomic E-state index is 6.24. The quantitative estimate of drug-likeness (QED) is 0.662. The lowest BCUT2D eigenvalue weighted by atomic mass is 10.1. The van der Waals surface area contributed by atoms with E-state index in [1.807, 2.05) is 12.1 Å². The molecular formula is C16H18BrClSi. The summed E-state index contributed by atoms with van der Waals surface area (Å²) in [6, 6.07) is 15.0. The fourth-order valence-corrected chi connectivity index (χ4v) is 3.78. The zero-order valence-corrected chi connectivity index (χ0v) is 14.8. The van der Waals surface area contributed by atoms with Crippen molar-refractivity contribution in [2.45, 2.75) is 26.1 Å². The molecule has 0 bridgehead atoms. The first-order chi connectivity index (χ1) is 8.86. The van der Waals surface area contributed by atoms with E-state index in [1.165, 1.54) is 10.8 Å². The Balaban J connectivity index is 2.22. The average molecular weight is 354 g/mol. The van der Waals surface area contributed by atoms with E-state index >= 15 is 0 Å². The van der Waals surface area contributed by atoms with E-state index in [1.54, 1.807) is 0 Å². The third-order valence-corrected chi connectivity index (χ3v) is 6.15. The molecule has 0 nitrogen and oxygen atoms in total. The van der Waals surface area contributed by atoms with Crippen molar-refractivity contribution >= 4 is 40.8 Å². The Bertz CT molecular complexity index is 570. The second kappa shape index (κ2) is 5.82. The zero-order valence-electron chi connectivity index (χ0n) is 11.5. The van der Waals surface area contributed by atoms with Crippen molar-refractivity contribution in [1.82, 2.24) is 0 Å². The summed E-state index contributed by atoms with van der Waals surface area (Å²) in [5.74, 6) is 0. The Morgan fingerprint density at radius 3 is 2.21 bits per heavy atom. The summed E-state index contributed by atoms with van der Waals surface area (Å²) in [6.07, 6.45) is 0.879. The fraction of sp³-hybridized carbons (Fsp3) is 0.250. The van der Waals surface area contributed by atoms with Gasteiger partial charge in [-0.2, -0.15) is 0 Å². The van der Waals surface area contributed by atoms with E-state index in [4.69, 9.17) is 11.6 Å². The monoisotopic (exact) mass is 352 g/mol. The zero-order chi connectivity index (χ0) is 14.0. The highest BCUT2D eigenvalue weighted by Gasteiger charge is 2.15. The van der Waals surface area contributed by atoms with Crippen molar-refractivity contribution in [2.75, 3.05) is 0 Å². The highest BCUT2D eigenvalue weighted by Crippen LogP contribution is 2.23. The minimum Gasteiger partial charge on any atom is -0.0840 e. The van der Waals surface area contributed by atoms with Crippen molar-refractivity contribution in [3.8, 4) is 0 Å². The fourth-order valence-electron chi connectivity index (χ4n) is 2.02. The first kappa shape index (κ1) is 14.8. The van der Waals surface area contributed by atoms with Gasteiger partial charge in [0.2, 0.25) is 0 Å². The predicted molar refractivity (Wildman–Crippen MR) is 91.4 cm³/mol. The van der Waals surface area contributed by atoms with E-state index in [0.29, 0.717) is 0 Å². The van der Waals surface area contributed by atoms with Crippen LogP contribution in [0.25, 0.3) is 0 Å². The number of hydrogen-bond acceptors (Lipinski definition) is 0. The summed E-state index contributed by atoms with van der Waals surface area (Å²) < 4.78 is 1.07. The largest absolute Gasteiger partial charge is 0.0840 e. The molecule has 0 atom stereocenters. The van der Waals surface area contributed by atoms with Gasteiger partial charge in [-0.3, -0.25) is 0 Å². The third-order valence-electron chi connectivity index (χ3n) is 3.22. The molecule has 0 N–H and O–H groups in total. The highest BCUT2D eigenvalue weighted by atomic mass is 79.9. The Morgan fingerprint density at radius 1 is 1.00 bits per heavy atom. The predicted octanol–water partition coefficient (Wildman–Crippen LogP) is 5.24. The number of rotatable bonds is 3. The lowest BCUT2D eigenvalue weighted by molar-refractivity contribution is 1.19. The minimum absolute atomic E-state index is 0.831. The molecule has 0 aliphatic carbocycles. The molecule has 0 fully saturated rings. The summed E-state index contributed by atoms with van der Waals surface area (Å²) in [7, 11) is -1.20. The van der Waals surface area contributed by atoms with E-state index < -0.39 is 8.07 Å². The van der Waals surface area contributed by atoms with Gasteiger partial charge in [0.05, 0.1) is 8.07 Å². The molecule has 2 rings (SSSR count). The van der Waals surface area contributed by atoms with Gasteiger partial charge < -0.3 is 0 Å². The van der Waals surface area contributed by atoms with Crippen LogP contribution >= 0.6 is 27.5 Å². The van der Waals surface area contributed by atoms with Crippen LogP contribution in [0.3, 0.4) is 0 Å². The normalized spacial score (nSPS) is 11.6. The SMILES string of the molecule is C[Si](C)(C)c1ccc(Cc2cc(Br)ccc2Cl)cc1. The summed E-state index contributed by atoms with van der Waals surface area (Å²) in [5, 5.41) is 2.33. The Kier molecular flexibility index (Phi) is 4.54. The molecular weight excluding hydrogens is 336 g/mol. The molecule has 2 aromatic carbocycles. The summed E-state index contributed by atoms with van der Waals surface area (Å²) >= 11 is 9.73. The van der Waals surface area contributed by atoms with E-state index in [2.05, 4.69) is 65.9 Å². The lowest BCUT2D eigenvalue weighted by Gasteiger charge is -2.16. The van der Waals surface area contributed by atoms with Crippen molar-refractivity contribution in [1.29, 1.82) is 0 Å².